The van der Waals surface area contributed by atoms with Gasteiger partial charge in [-0.05, 0) is 25.5 Å². The Morgan fingerprint density at radius 1 is 1.47 bits per heavy atom. The second kappa shape index (κ2) is 3.89. The molecule has 2 rings (SSSR count). The van der Waals surface area contributed by atoms with Gasteiger partial charge < -0.3 is 15.8 Å². The quantitative estimate of drug-likeness (QED) is 0.755. The van der Waals surface area contributed by atoms with Crippen LogP contribution < -0.4 is 5.73 Å². The molecule has 1 atom stereocenters. The third kappa shape index (κ3) is 2.03. The number of nitrogens with one attached hydrogen (secondary N) is 1. The van der Waals surface area contributed by atoms with Gasteiger partial charge in [-0.25, -0.2) is 0 Å². The first-order valence-electron chi connectivity index (χ1n) is 5.50. The highest BCUT2D eigenvalue weighted by Gasteiger charge is 2.29. The molecule has 0 aliphatic carbocycles. The van der Waals surface area contributed by atoms with Crippen LogP contribution in [0.3, 0.4) is 0 Å². The number of nitrogens with two attached hydrogens (primary N) is 1. The van der Waals surface area contributed by atoms with Crippen molar-refractivity contribution in [2.45, 2.75) is 25.8 Å². The zero-order valence-corrected chi connectivity index (χ0v) is 9.95. The van der Waals surface area contributed by atoms with Crippen molar-refractivity contribution < 1.29 is 9.90 Å². The molecule has 4 N–H and O–H groups in total. The van der Waals surface area contributed by atoms with Crippen LogP contribution in [0.2, 0.25) is 0 Å². The summed E-state index contributed by atoms with van der Waals surface area (Å²) in [7, 11) is 0. The number of carbonyl (C=O) groups is 1. The second-order valence-corrected chi connectivity index (χ2v) is 4.67. The summed E-state index contributed by atoms with van der Waals surface area (Å²) in [6.07, 6.45) is 0.318. The fourth-order valence-corrected chi connectivity index (χ4v) is 2.01. The van der Waals surface area contributed by atoms with E-state index in [1.807, 2.05) is 31.2 Å². The highest BCUT2D eigenvalue weighted by atomic mass is 16.4. The largest absolute Gasteiger partial charge is 0.480 e. The van der Waals surface area contributed by atoms with Crippen LogP contribution in [-0.4, -0.2) is 21.6 Å². The Morgan fingerprint density at radius 2 is 2.12 bits per heavy atom. The molecular formula is C13H16N2O2. The number of aliphatic carboxylic acids is 1. The van der Waals surface area contributed by atoms with Gasteiger partial charge in [0.15, 0.2) is 0 Å². The van der Waals surface area contributed by atoms with Crippen molar-refractivity contribution in [2.24, 2.45) is 5.73 Å². The monoisotopic (exact) mass is 232 g/mol. The molecule has 1 aromatic heterocycles. The van der Waals surface area contributed by atoms with Crippen LogP contribution in [0.5, 0.6) is 0 Å². The minimum Gasteiger partial charge on any atom is -0.480 e. The van der Waals surface area contributed by atoms with Crippen molar-refractivity contribution in [2.75, 3.05) is 0 Å². The van der Waals surface area contributed by atoms with Gasteiger partial charge in [-0.15, -0.1) is 0 Å². The molecule has 0 spiro atoms. The minimum absolute atomic E-state index is 0.318. The lowest BCUT2D eigenvalue weighted by atomic mass is 9.92. The number of aryl methyl sites for hydroxylation is 1. The van der Waals surface area contributed by atoms with Crippen molar-refractivity contribution in [1.82, 2.24) is 4.98 Å². The molecule has 0 fully saturated rings. The van der Waals surface area contributed by atoms with Crippen molar-refractivity contribution in [1.29, 1.82) is 0 Å². The Kier molecular flexibility index (Phi) is 2.67. The summed E-state index contributed by atoms with van der Waals surface area (Å²) < 4.78 is 0. The van der Waals surface area contributed by atoms with Crippen LogP contribution >= 0.6 is 0 Å². The van der Waals surface area contributed by atoms with Gasteiger partial charge >= 0.3 is 5.97 Å². The van der Waals surface area contributed by atoms with E-state index in [-0.39, 0.29) is 0 Å². The number of hydrogen-bond acceptors (Lipinski definition) is 2. The topological polar surface area (TPSA) is 79.1 Å². The molecule has 4 nitrogen and oxygen atoms in total. The Labute approximate surface area is 99.4 Å². The van der Waals surface area contributed by atoms with Gasteiger partial charge in [-0.3, -0.25) is 4.79 Å². The fraction of sp³-hybridized carbons (Fsp3) is 0.308. The molecule has 17 heavy (non-hydrogen) atoms. The number of benzene rings is 1. The van der Waals surface area contributed by atoms with E-state index in [1.165, 1.54) is 6.92 Å². The first-order valence-corrected chi connectivity index (χ1v) is 5.50. The number of aromatic amines is 1. The first-order chi connectivity index (χ1) is 7.92. The van der Waals surface area contributed by atoms with Gasteiger partial charge in [-0.2, -0.15) is 0 Å². The van der Waals surface area contributed by atoms with E-state index in [1.54, 1.807) is 0 Å². The van der Waals surface area contributed by atoms with Crippen molar-refractivity contribution in [3.05, 3.63) is 35.5 Å². The van der Waals surface area contributed by atoms with Gasteiger partial charge in [0.1, 0.15) is 5.54 Å². The third-order valence-electron chi connectivity index (χ3n) is 3.06. The number of aromatic nitrogens is 1. The molecule has 1 unspecified atom stereocenters. The maximum atomic E-state index is 11.1. The highest BCUT2D eigenvalue weighted by molar-refractivity contribution is 5.86. The zero-order valence-electron chi connectivity index (χ0n) is 9.95. The molecule has 2 aromatic rings. The van der Waals surface area contributed by atoms with Crippen LogP contribution in [0, 0.1) is 6.92 Å². The summed E-state index contributed by atoms with van der Waals surface area (Å²) >= 11 is 0. The first kappa shape index (κ1) is 11.7. The molecule has 0 amide bonds. The van der Waals surface area contributed by atoms with E-state index >= 15 is 0 Å². The lowest BCUT2D eigenvalue weighted by molar-refractivity contribution is -0.142. The highest BCUT2D eigenvalue weighted by Crippen LogP contribution is 2.25. The second-order valence-electron chi connectivity index (χ2n) is 4.67. The Morgan fingerprint density at radius 3 is 2.76 bits per heavy atom. The number of hydrogen-bond donors (Lipinski definition) is 3. The number of carboxylic acid groups (broad SMARTS) is 1. The van der Waals surface area contributed by atoms with Gasteiger partial charge in [0.05, 0.1) is 0 Å². The lowest BCUT2D eigenvalue weighted by Crippen LogP contribution is -2.46. The Bertz CT molecular complexity index is 570. The number of para-hydroxylation sites is 1. The molecule has 1 heterocycles. The van der Waals surface area contributed by atoms with E-state index in [2.05, 4.69) is 4.98 Å². The summed E-state index contributed by atoms with van der Waals surface area (Å²) in [6.45, 7) is 3.48. The average Bonchev–Trinajstić information content (AvgIpc) is 2.55. The SMILES string of the molecule is Cc1[nH]c2ccccc2c1CC(C)(N)C(=O)O. The van der Waals surface area contributed by atoms with E-state index < -0.39 is 11.5 Å². The smallest absolute Gasteiger partial charge is 0.323 e. The molecule has 0 saturated heterocycles. The van der Waals surface area contributed by atoms with Crippen molar-refractivity contribution >= 4 is 16.9 Å². The van der Waals surface area contributed by atoms with Gasteiger partial charge in [0.25, 0.3) is 0 Å². The number of carboxylic acids is 1. The summed E-state index contributed by atoms with van der Waals surface area (Å²) in [5.41, 5.74) is 7.53. The molecule has 0 aliphatic rings. The number of H-pyrrole nitrogens is 1. The van der Waals surface area contributed by atoms with Gasteiger partial charge in [0.2, 0.25) is 0 Å². The van der Waals surface area contributed by atoms with Crippen molar-refractivity contribution in [3.8, 4) is 0 Å². The van der Waals surface area contributed by atoms with Crippen molar-refractivity contribution in [3.63, 3.8) is 0 Å². The standard InChI is InChI=1S/C13H16N2O2/c1-8-10(7-13(2,14)12(16)17)9-5-3-4-6-11(9)15-8/h3-6,15H,7,14H2,1-2H3,(H,16,17). The van der Waals surface area contributed by atoms with Crippen LogP contribution in [0.25, 0.3) is 10.9 Å². The molecule has 90 valence electrons. The summed E-state index contributed by atoms with van der Waals surface area (Å²) in [6, 6.07) is 7.83. The maximum Gasteiger partial charge on any atom is 0.323 e. The molecule has 4 heteroatoms. The predicted molar refractivity (Wildman–Crippen MR) is 67.0 cm³/mol. The normalized spacial score (nSPS) is 14.8. The maximum absolute atomic E-state index is 11.1. The van der Waals surface area contributed by atoms with E-state index in [4.69, 9.17) is 10.8 Å². The lowest BCUT2D eigenvalue weighted by Gasteiger charge is -2.19. The Hall–Kier alpha value is -1.81. The van der Waals surface area contributed by atoms with Gasteiger partial charge in [-0.1, -0.05) is 18.2 Å². The molecule has 1 aromatic carbocycles. The molecule has 0 bridgehead atoms. The van der Waals surface area contributed by atoms with Crippen LogP contribution in [-0.2, 0) is 11.2 Å². The zero-order chi connectivity index (χ0) is 12.6. The molecular weight excluding hydrogens is 216 g/mol. The van der Waals surface area contributed by atoms with Crippen LogP contribution in [0.4, 0.5) is 0 Å². The molecule has 0 radical (unpaired) electrons. The summed E-state index contributed by atoms with van der Waals surface area (Å²) in [5, 5.41) is 10.1. The minimum atomic E-state index is -1.24. The summed E-state index contributed by atoms with van der Waals surface area (Å²) in [5.74, 6) is -0.984. The molecule has 0 aliphatic heterocycles. The average molecular weight is 232 g/mol. The van der Waals surface area contributed by atoms with Crippen LogP contribution in [0.15, 0.2) is 24.3 Å². The summed E-state index contributed by atoms with van der Waals surface area (Å²) in [4.78, 5) is 14.3. The van der Waals surface area contributed by atoms with Crippen LogP contribution in [0.1, 0.15) is 18.2 Å². The van der Waals surface area contributed by atoms with E-state index in [0.717, 1.165) is 22.2 Å². The fourth-order valence-electron chi connectivity index (χ4n) is 2.01. The van der Waals surface area contributed by atoms with E-state index in [9.17, 15) is 4.79 Å². The van der Waals surface area contributed by atoms with Gasteiger partial charge in [0, 0.05) is 23.0 Å². The number of rotatable bonds is 3. The third-order valence-corrected chi connectivity index (χ3v) is 3.06. The number of fused-ring (bicyclic) bond motifs is 1. The van der Waals surface area contributed by atoms with E-state index in [0.29, 0.717) is 6.42 Å². The molecule has 0 saturated carbocycles. The predicted octanol–water partition coefficient (Wildman–Crippen LogP) is 1.82. The Balaban J connectivity index is 2.49.